The van der Waals surface area contributed by atoms with Crippen LogP contribution in [-0.4, -0.2) is 12.5 Å². The zero-order valence-corrected chi connectivity index (χ0v) is 15.8. The van der Waals surface area contributed by atoms with E-state index in [9.17, 15) is 4.39 Å². The van der Waals surface area contributed by atoms with Crippen LogP contribution in [0, 0.1) is 17.1 Å². The van der Waals surface area contributed by atoms with Crippen molar-refractivity contribution >= 4 is 29.9 Å². The fourth-order valence-electron chi connectivity index (χ4n) is 2.03. The van der Waals surface area contributed by atoms with Crippen LogP contribution in [0.2, 0.25) is 0 Å². The number of rotatable bonds is 5. The van der Waals surface area contributed by atoms with Crippen LogP contribution in [0.4, 0.5) is 4.39 Å². The first-order valence-corrected chi connectivity index (χ1v) is 7.47. The Bertz CT molecular complexity index is 711. The average Bonchev–Trinajstić information content (AvgIpc) is 2.59. The molecule has 0 spiro atoms. The summed E-state index contributed by atoms with van der Waals surface area (Å²) in [6.45, 7) is 3.54. The lowest BCUT2D eigenvalue weighted by Crippen LogP contribution is -2.37. The fourth-order valence-corrected chi connectivity index (χ4v) is 2.03. The summed E-state index contributed by atoms with van der Waals surface area (Å²) in [4.78, 5) is 4.48. The van der Waals surface area contributed by atoms with Crippen LogP contribution in [0.25, 0.3) is 0 Å². The molecule has 0 amide bonds. The first kappa shape index (κ1) is 19.9. The first-order chi connectivity index (χ1) is 11.2. The smallest absolute Gasteiger partial charge is 0.191 e. The molecule has 2 N–H and O–H groups in total. The number of nitriles is 1. The monoisotopic (exact) mass is 438 g/mol. The van der Waals surface area contributed by atoms with Crippen molar-refractivity contribution < 1.29 is 4.39 Å². The third-order valence-electron chi connectivity index (χ3n) is 3.24. The minimum atomic E-state index is -0.393. The number of hydrogen-bond acceptors (Lipinski definition) is 2. The Balaban J connectivity index is 0.00000288. The van der Waals surface area contributed by atoms with E-state index in [0.717, 1.165) is 12.1 Å². The van der Waals surface area contributed by atoms with Crippen LogP contribution in [0.3, 0.4) is 0 Å². The maximum absolute atomic E-state index is 13.9. The quantitative estimate of drug-likeness (QED) is 0.427. The Labute approximate surface area is 158 Å². The van der Waals surface area contributed by atoms with Gasteiger partial charge in [0.25, 0.3) is 0 Å². The molecule has 126 valence electrons. The average molecular weight is 438 g/mol. The van der Waals surface area contributed by atoms with Crippen LogP contribution in [0.15, 0.2) is 53.5 Å². The van der Waals surface area contributed by atoms with Crippen LogP contribution < -0.4 is 10.6 Å². The standard InChI is InChI=1S/C18H19FN4.HI/c1-2-21-18(22-12-14-6-4-3-5-7-14)23-13-16-9-8-15(11-20)10-17(16)19;/h3-10H,2,12-13H2,1H3,(H2,21,22,23);1H. The highest BCUT2D eigenvalue weighted by atomic mass is 127. The van der Waals surface area contributed by atoms with E-state index < -0.39 is 5.82 Å². The molecular weight excluding hydrogens is 418 g/mol. The normalized spacial score (nSPS) is 10.5. The summed E-state index contributed by atoms with van der Waals surface area (Å²) < 4.78 is 13.9. The minimum Gasteiger partial charge on any atom is -0.357 e. The van der Waals surface area contributed by atoms with Crippen molar-refractivity contribution in [2.45, 2.75) is 20.0 Å². The maximum atomic E-state index is 13.9. The molecule has 0 aliphatic heterocycles. The lowest BCUT2D eigenvalue weighted by molar-refractivity contribution is 0.604. The largest absolute Gasteiger partial charge is 0.357 e. The number of nitrogens with zero attached hydrogens (tertiary/aromatic N) is 2. The van der Waals surface area contributed by atoms with Crippen molar-refractivity contribution in [2.24, 2.45) is 4.99 Å². The number of hydrogen-bond donors (Lipinski definition) is 2. The third kappa shape index (κ3) is 6.16. The van der Waals surface area contributed by atoms with Gasteiger partial charge in [-0.05, 0) is 24.6 Å². The SMILES string of the molecule is CCNC(=NCc1ccccc1)NCc1ccc(C#N)cc1F.I. The van der Waals surface area contributed by atoms with E-state index in [1.165, 1.54) is 6.07 Å². The van der Waals surface area contributed by atoms with Gasteiger partial charge in [-0.1, -0.05) is 36.4 Å². The summed E-state index contributed by atoms with van der Waals surface area (Å²) in [5.41, 5.74) is 1.92. The van der Waals surface area contributed by atoms with E-state index in [-0.39, 0.29) is 24.0 Å². The molecule has 0 saturated heterocycles. The number of halogens is 2. The second-order valence-corrected chi connectivity index (χ2v) is 4.95. The molecule has 2 aromatic carbocycles. The van der Waals surface area contributed by atoms with Gasteiger partial charge in [-0.15, -0.1) is 24.0 Å². The molecular formula is C18H20FIN4. The van der Waals surface area contributed by atoms with E-state index in [1.807, 2.05) is 43.3 Å². The third-order valence-corrected chi connectivity index (χ3v) is 3.24. The molecule has 0 bridgehead atoms. The Kier molecular flexibility index (Phi) is 8.79. The molecule has 0 fully saturated rings. The van der Waals surface area contributed by atoms with Crippen molar-refractivity contribution in [1.82, 2.24) is 10.6 Å². The minimum absolute atomic E-state index is 0. The lowest BCUT2D eigenvalue weighted by atomic mass is 10.1. The molecule has 2 rings (SSSR count). The summed E-state index contributed by atoms with van der Waals surface area (Å²) in [5.74, 6) is 0.232. The van der Waals surface area contributed by atoms with E-state index in [1.54, 1.807) is 12.1 Å². The van der Waals surface area contributed by atoms with E-state index in [2.05, 4.69) is 15.6 Å². The highest BCUT2D eigenvalue weighted by Gasteiger charge is 2.05. The van der Waals surface area contributed by atoms with Crippen molar-refractivity contribution in [2.75, 3.05) is 6.54 Å². The Morgan fingerprint density at radius 2 is 1.92 bits per heavy atom. The van der Waals surface area contributed by atoms with E-state index in [4.69, 9.17) is 5.26 Å². The molecule has 0 radical (unpaired) electrons. The zero-order chi connectivity index (χ0) is 16.5. The van der Waals surface area contributed by atoms with Crippen molar-refractivity contribution in [1.29, 1.82) is 5.26 Å². The Morgan fingerprint density at radius 1 is 1.17 bits per heavy atom. The summed E-state index contributed by atoms with van der Waals surface area (Å²) in [5, 5.41) is 15.0. The first-order valence-electron chi connectivity index (χ1n) is 7.47. The van der Waals surface area contributed by atoms with Gasteiger partial charge in [0, 0.05) is 18.7 Å². The van der Waals surface area contributed by atoms with Gasteiger partial charge < -0.3 is 10.6 Å². The maximum Gasteiger partial charge on any atom is 0.191 e. The number of nitrogens with one attached hydrogen (secondary N) is 2. The molecule has 0 aromatic heterocycles. The van der Waals surface area contributed by atoms with Crippen molar-refractivity contribution in [3.63, 3.8) is 0 Å². The Morgan fingerprint density at radius 3 is 2.54 bits per heavy atom. The van der Waals surface area contributed by atoms with Gasteiger partial charge in [0.15, 0.2) is 5.96 Å². The number of guanidine groups is 1. The zero-order valence-electron chi connectivity index (χ0n) is 13.4. The molecule has 6 heteroatoms. The van der Waals surface area contributed by atoms with Crippen molar-refractivity contribution in [3.05, 3.63) is 71.0 Å². The number of aliphatic imine (C=N–C) groups is 1. The van der Waals surface area contributed by atoms with Crippen molar-refractivity contribution in [3.8, 4) is 6.07 Å². The molecule has 0 unspecified atom stereocenters. The summed E-state index contributed by atoms with van der Waals surface area (Å²) >= 11 is 0. The second kappa shape index (κ2) is 10.6. The summed E-state index contributed by atoms with van der Waals surface area (Å²) in [6, 6.07) is 16.3. The van der Waals surface area contributed by atoms with Gasteiger partial charge >= 0.3 is 0 Å². The van der Waals surface area contributed by atoms with Gasteiger partial charge in [0.1, 0.15) is 5.82 Å². The van der Waals surface area contributed by atoms with Crippen LogP contribution in [0.1, 0.15) is 23.6 Å². The predicted molar refractivity (Wildman–Crippen MR) is 105 cm³/mol. The molecule has 24 heavy (non-hydrogen) atoms. The molecule has 0 atom stereocenters. The van der Waals surface area contributed by atoms with E-state index >= 15 is 0 Å². The van der Waals surface area contributed by atoms with E-state index in [0.29, 0.717) is 30.2 Å². The summed E-state index contributed by atoms with van der Waals surface area (Å²) in [7, 11) is 0. The highest BCUT2D eigenvalue weighted by Crippen LogP contribution is 2.09. The second-order valence-electron chi connectivity index (χ2n) is 4.95. The predicted octanol–water partition coefficient (Wildman–Crippen LogP) is 3.57. The summed E-state index contributed by atoms with van der Waals surface area (Å²) in [6.07, 6.45) is 0. The van der Waals surface area contributed by atoms with Gasteiger partial charge in [0.2, 0.25) is 0 Å². The van der Waals surface area contributed by atoms with Crippen LogP contribution in [0.5, 0.6) is 0 Å². The molecule has 0 saturated carbocycles. The fraction of sp³-hybridized carbons (Fsp3) is 0.222. The van der Waals surface area contributed by atoms with Gasteiger partial charge in [-0.25, -0.2) is 9.38 Å². The Hall–Kier alpha value is -2.14. The molecule has 0 aliphatic carbocycles. The topological polar surface area (TPSA) is 60.2 Å². The van der Waals surface area contributed by atoms with Crippen LogP contribution >= 0.6 is 24.0 Å². The molecule has 0 aliphatic rings. The van der Waals surface area contributed by atoms with Crippen LogP contribution in [-0.2, 0) is 13.1 Å². The molecule has 4 nitrogen and oxygen atoms in total. The number of benzene rings is 2. The van der Waals surface area contributed by atoms with Gasteiger partial charge in [-0.2, -0.15) is 5.26 Å². The van der Waals surface area contributed by atoms with Gasteiger partial charge in [0.05, 0.1) is 18.2 Å². The lowest BCUT2D eigenvalue weighted by Gasteiger charge is -2.12. The van der Waals surface area contributed by atoms with Gasteiger partial charge in [-0.3, -0.25) is 0 Å². The molecule has 0 heterocycles. The highest BCUT2D eigenvalue weighted by molar-refractivity contribution is 14.0. The molecule has 2 aromatic rings.